The highest BCUT2D eigenvalue weighted by Gasteiger charge is 2.23. The molecule has 2 heterocycles. The number of aromatic carboxylic acids is 1. The van der Waals surface area contributed by atoms with Gasteiger partial charge in [0.25, 0.3) is 5.91 Å². The average molecular weight is 429 g/mol. The highest BCUT2D eigenvalue weighted by molar-refractivity contribution is 6.35. The SMILES string of the molecule is Cn1ncc(C(=O)O)c1C(=O)Nc1nn(Cc2ccc(Cl)cc2Cl)cc1Cl. The molecule has 0 spiro atoms. The molecule has 1 aromatic carbocycles. The normalized spacial score (nSPS) is 10.8. The third kappa shape index (κ3) is 4.08. The van der Waals surface area contributed by atoms with Gasteiger partial charge in [-0.25, -0.2) is 4.79 Å². The third-order valence-corrected chi connectivity index (χ3v) is 4.54. The van der Waals surface area contributed by atoms with Gasteiger partial charge in [-0.3, -0.25) is 14.2 Å². The molecule has 8 nitrogen and oxygen atoms in total. The molecule has 0 aliphatic rings. The van der Waals surface area contributed by atoms with Gasteiger partial charge in [0.1, 0.15) is 16.3 Å². The van der Waals surface area contributed by atoms with E-state index in [1.807, 2.05) is 0 Å². The molecule has 0 unspecified atom stereocenters. The summed E-state index contributed by atoms with van der Waals surface area (Å²) in [6.45, 7) is 0.303. The molecular weight excluding hydrogens is 417 g/mol. The number of nitrogens with one attached hydrogen (secondary N) is 1. The van der Waals surface area contributed by atoms with E-state index in [2.05, 4.69) is 15.5 Å². The summed E-state index contributed by atoms with van der Waals surface area (Å²) in [5.74, 6) is -1.87. The fraction of sp³-hybridized carbons (Fsp3) is 0.125. The highest BCUT2D eigenvalue weighted by Crippen LogP contribution is 2.24. The fourth-order valence-corrected chi connectivity index (χ4v) is 3.08. The van der Waals surface area contributed by atoms with Crippen LogP contribution in [0.15, 0.2) is 30.6 Å². The molecule has 11 heteroatoms. The molecule has 27 heavy (non-hydrogen) atoms. The number of carbonyl (C=O) groups is 2. The summed E-state index contributed by atoms with van der Waals surface area (Å²) in [5.41, 5.74) is 0.422. The van der Waals surface area contributed by atoms with Crippen molar-refractivity contribution in [3.8, 4) is 0 Å². The smallest absolute Gasteiger partial charge is 0.339 e. The summed E-state index contributed by atoms with van der Waals surface area (Å²) in [4.78, 5) is 23.7. The maximum absolute atomic E-state index is 12.5. The van der Waals surface area contributed by atoms with Crippen LogP contribution in [0.2, 0.25) is 15.1 Å². The second-order valence-electron chi connectivity index (χ2n) is 5.55. The molecule has 0 atom stereocenters. The van der Waals surface area contributed by atoms with E-state index < -0.39 is 11.9 Å². The number of hydrogen-bond donors (Lipinski definition) is 2. The number of amides is 1. The number of carboxylic acid groups (broad SMARTS) is 1. The van der Waals surface area contributed by atoms with Gasteiger partial charge >= 0.3 is 5.97 Å². The van der Waals surface area contributed by atoms with Crippen LogP contribution < -0.4 is 5.32 Å². The second kappa shape index (κ2) is 7.59. The van der Waals surface area contributed by atoms with Crippen molar-refractivity contribution in [3.05, 3.63) is 62.5 Å². The zero-order valence-corrected chi connectivity index (χ0v) is 16.0. The van der Waals surface area contributed by atoms with E-state index in [9.17, 15) is 9.59 Å². The van der Waals surface area contributed by atoms with Crippen LogP contribution in [0.1, 0.15) is 26.4 Å². The first-order chi connectivity index (χ1) is 12.8. The Morgan fingerprint density at radius 2 is 1.96 bits per heavy atom. The number of hydrogen-bond acceptors (Lipinski definition) is 4. The molecule has 2 aromatic heterocycles. The van der Waals surface area contributed by atoms with Gasteiger partial charge in [-0.1, -0.05) is 40.9 Å². The van der Waals surface area contributed by atoms with Gasteiger partial charge in [0.15, 0.2) is 5.82 Å². The molecule has 0 bridgehead atoms. The molecule has 2 N–H and O–H groups in total. The van der Waals surface area contributed by atoms with E-state index in [1.54, 1.807) is 18.2 Å². The predicted molar refractivity (Wildman–Crippen MR) is 101 cm³/mol. The molecule has 0 fully saturated rings. The Morgan fingerprint density at radius 3 is 2.63 bits per heavy atom. The first-order valence-corrected chi connectivity index (χ1v) is 8.63. The van der Waals surface area contributed by atoms with Crippen molar-refractivity contribution in [2.75, 3.05) is 5.32 Å². The van der Waals surface area contributed by atoms with Gasteiger partial charge in [-0.05, 0) is 17.7 Å². The van der Waals surface area contributed by atoms with E-state index in [-0.39, 0.29) is 22.1 Å². The number of aromatic nitrogens is 4. The van der Waals surface area contributed by atoms with Crippen LogP contribution in [0.3, 0.4) is 0 Å². The quantitative estimate of drug-likeness (QED) is 0.647. The number of carboxylic acids is 1. The Balaban J connectivity index is 1.82. The van der Waals surface area contributed by atoms with Crippen molar-refractivity contribution in [2.45, 2.75) is 6.54 Å². The van der Waals surface area contributed by atoms with Gasteiger partial charge in [-0.15, -0.1) is 0 Å². The summed E-state index contributed by atoms with van der Waals surface area (Å²) < 4.78 is 2.66. The third-order valence-electron chi connectivity index (χ3n) is 3.68. The minimum Gasteiger partial charge on any atom is -0.478 e. The van der Waals surface area contributed by atoms with Crippen molar-refractivity contribution < 1.29 is 14.7 Å². The van der Waals surface area contributed by atoms with Gasteiger partial charge < -0.3 is 10.4 Å². The molecule has 1 amide bonds. The van der Waals surface area contributed by atoms with Gasteiger partial charge in [-0.2, -0.15) is 10.2 Å². The van der Waals surface area contributed by atoms with Crippen molar-refractivity contribution in [1.82, 2.24) is 19.6 Å². The number of anilines is 1. The molecule has 0 saturated heterocycles. The second-order valence-corrected chi connectivity index (χ2v) is 6.80. The number of halogens is 3. The molecule has 0 radical (unpaired) electrons. The highest BCUT2D eigenvalue weighted by atomic mass is 35.5. The molecule has 0 saturated carbocycles. The van der Waals surface area contributed by atoms with Crippen LogP contribution in [0.25, 0.3) is 0 Å². The summed E-state index contributed by atoms with van der Waals surface area (Å²) in [7, 11) is 1.46. The summed E-state index contributed by atoms with van der Waals surface area (Å²) in [6.07, 6.45) is 2.61. The van der Waals surface area contributed by atoms with Crippen LogP contribution in [0, 0.1) is 0 Å². The van der Waals surface area contributed by atoms with E-state index in [4.69, 9.17) is 39.9 Å². The van der Waals surface area contributed by atoms with Gasteiger partial charge in [0, 0.05) is 23.3 Å². The fourth-order valence-electron chi connectivity index (χ4n) is 2.42. The van der Waals surface area contributed by atoms with Crippen LogP contribution in [0.4, 0.5) is 5.82 Å². The molecular formula is C16H12Cl3N5O3. The molecule has 140 valence electrons. The van der Waals surface area contributed by atoms with E-state index in [0.29, 0.717) is 16.6 Å². The molecule has 0 aliphatic heterocycles. The predicted octanol–water partition coefficient (Wildman–Crippen LogP) is 3.58. The molecule has 3 aromatic rings. The van der Waals surface area contributed by atoms with Crippen LogP contribution in [-0.4, -0.2) is 36.5 Å². The standard InChI is InChI=1S/C16H12Cl3N5O3/c1-23-13(10(5-20-23)16(26)27)15(25)21-14-12(19)7-24(22-14)6-8-2-3-9(17)4-11(8)18/h2-5,7H,6H2,1H3,(H,26,27)(H,21,22,25). The first kappa shape index (κ1) is 19.2. The lowest BCUT2D eigenvalue weighted by Crippen LogP contribution is -2.20. The number of aryl methyl sites for hydroxylation is 1. The summed E-state index contributed by atoms with van der Waals surface area (Å²) in [6, 6.07) is 5.07. The van der Waals surface area contributed by atoms with Crippen LogP contribution >= 0.6 is 34.8 Å². The summed E-state index contributed by atoms with van der Waals surface area (Å²) >= 11 is 18.2. The number of benzene rings is 1. The van der Waals surface area contributed by atoms with Crippen molar-refractivity contribution in [1.29, 1.82) is 0 Å². The zero-order chi connectivity index (χ0) is 19.7. The topological polar surface area (TPSA) is 102 Å². The van der Waals surface area contributed by atoms with Crippen molar-refractivity contribution in [3.63, 3.8) is 0 Å². The lowest BCUT2D eigenvalue weighted by molar-refractivity contribution is 0.0692. The van der Waals surface area contributed by atoms with Gasteiger partial charge in [0.2, 0.25) is 0 Å². The minimum atomic E-state index is -1.26. The molecule has 0 aliphatic carbocycles. The lowest BCUT2D eigenvalue weighted by atomic mass is 10.2. The van der Waals surface area contributed by atoms with E-state index in [1.165, 1.54) is 17.9 Å². The van der Waals surface area contributed by atoms with Crippen LogP contribution in [0.5, 0.6) is 0 Å². The summed E-state index contributed by atoms with van der Waals surface area (Å²) in [5, 5.41) is 20.8. The van der Waals surface area contributed by atoms with E-state index in [0.717, 1.165) is 16.4 Å². The van der Waals surface area contributed by atoms with E-state index >= 15 is 0 Å². The van der Waals surface area contributed by atoms with Crippen molar-refractivity contribution in [2.24, 2.45) is 7.05 Å². The maximum Gasteiger partial charge on any atom is 0.339 e. The molecule has 3 rings (SSSR count). The Labute approximate surface area is 168 Å². The maximum atomic E-state index is 12.5. The lowest BCUT2D eigenvalue weighted by Gasteiger charge is -2.06. The van der Waals surface area contributed by atoms with Crippen molar-refractivity contribution >= 4 is 52.5 Å². The largest absolute Gasteiger partial charge is 0.478 e. The van der Waals surface area contributed by atoms with Crippen LogP contribution in [-0.2, 0) is 13.6 Å². The Kier molecular flexibility index (Phi) is 5.41. The van der Waals surface area contributed by atoms with Gasteiger partial charge in [0.05, 0.1) is 12.7 Å². The Morgan fingerprint density at radius 1 is 1.22 bits per heavy atom. The monoisotopic (exact) mass is 427 g/mol. The average Bonchev–Trinajstić information content (AvgIpc) is 3.13. The first-order valence-electron chi connectivity index (χ1n) is 7.49. The number of carbonyl (C=O) groups excluding carboxylic acids is 1. The number of nitrogens with zero attached hydrogens (tertiary/aromatic N) is 4. The zero-order valence-electron chi connectivity index (χ0n) is 13.8. The Bertz CT molecular complexity index is 1040. The Hall–Kier alpha value is -2.55. The minimum absolute atomic E-state index is 0.0873. The number of rotatable bonds is 5.